The Morgan fingerprint density at radius 3 is 3.21 bits per heavy atom. The van der Waals surface area contributed by atoms with Gasteiger partial charge < -0.3 is 9.80 Å². The van der Waals surface area contributed by atoms with Gasteiger partial charge in [0.2, 0.25) is 0 Å². The van der Waals surface area contributed by atoms with Gasteiger partial charge in [-0.2, -0.15) is 0 Å². The molecule has 5 aliphatic rings. The van der Waals surface area contributed by atoms with Crippen LogP contribution in [0, 0.1) is 5.92 Å². The highest BCUT2D eigenvalue weighted by Crippen LogP contribution is 2.56. The Hall–Kier alpha value is -0.700. The minimum Gasteiger partial charge on any atom is -0.350 e. The molecule has 3 saturated heterocycles. The molecule has 3 nitrogen and oxygen atoms in total. The number of halogens is 1. The second kappa shape index (κ2) is 2.11. The Bertz CT molecular complexity index is 368. The number of rotatable bonds is 0. The molecule has 4 heterocycles. The smallest absolute Gasteiger partial charge is 0.129 e. The molecule has 4 fully saturated rings. The molecule has 2 bridgehead atoms. The summed E-state index contributed by atoms with van der Waals surface area (Å²) >= 11 is 5.95. The lowest BCUT2D eigenvalue weighted by atomic mass is 9.73. The molecule has 0 N–H and O–H groups in total. The van der Waals surface area contributed by atoms with Crippen LogP contribution in [0.1, 0.15) is 12.8 Å². The van der Waals surface area contributed by atoms with Crippen LogP contribution in [0.3, 0.4) is 0 Å². The third-order valence-electron chi connectivity index (χ3n) is 4.08. The van der Waals surface area contributed by atoms with E-state index < -0.39 is 0 Å². The topological polar surface area (TPSA) is 18.8 Å². The summed E-state index contributed by atoms with van der Waals surface area (Å²) in [6.45, 7) is 3.17. The van der Waals surface area contributed by atoms with Crippen LogP contribution < -0.4 is 0 Å². The zero-order chi connectivity index (χ0) is 9.34. The molecule has 0 aromatic rings. The zero-order valence-electron chi connectivity index (χ0n) is 7.91. The number of fused-ring (bicyclic) bond motifs is 1. The van der Waals surface area contributed by atoms with Gasteiger partial charge in [0.05, 0.1) is 5.54 Å². The second-order valence-corrected chi connectivity index (χ2v) is 5.32. The van der Waals surface area contributed by atoms with Crippen LogP contribution in [0.25, 0.3) is 0 Å². The van der Waals surface area contributed by atoms with Crippen molar-refractivity contribution in [2.45, 2.75) is 18.4 Å². The molecule has 1 spiro atoms. The molecular weight excluding hydrogens is 198 g/mol. The first kappa shape index (κ1) is 7.57. The first-order valence-corrected chi connectivity index (χ1v) is 5.59. The van der Waals surface area contributed by atoms with Gasteiger partial charge in [0.1, 0.15) is 17.7 Å². The Morgan fingerprint density at radius 2 is 2.36 bits per heavy atom. The fourth-order valence-electron chi connectivity index (χ4n) is 3.57. The van der Waals surface area contributed by atoms with Crippen molar-refractivity contribution in [2.24, 2.45) is 10.9 Å². The Morgan fingerprint density at radius 1 is 1.50 bits per heavy atom. The van der Waals surface area contributed by atoms with Crippen LogP contribution in [0.4, 0.5) is 0 Å². The zero-order valence-corrected chi connectivity index (χ0v) is 8.67. The Labute approximate surface area is 88.0 Å². The van der Waals surface area contributed by atoms with Crippen LogP contribution >= 0.6 is 11.6 Å². The maximum absolute atomic E-state index is 5.95. The van der Waals surface area contributed by atoms with E-state index in [0.717, 1.165) is 12.6 Å². The average molecular weight is 210 g/mol. The normalized spacial score (nSPS) is 42.8. The van der Waals surface area contributed by atoms with Gasteiger partial charge in [-0.3, -0.25) is 4.99 Å². The highest BCUT2D eigenvalue weighted by molar-refractivity contribution is 6.68. The maximum atomic E-state index is 5.95. The van der Waals surface area contributed by atoms with E-state index in [2.05, 4.69) is 14.8 Å². The SMILES string of the molecule is ClC1=NCN2CC34CC(CN3C2=C1)C4. The summed E-state index contributed by atoms with van der Waals surface area (Å²) in [5.41, 5.74) is 0.480. The molecule has 0 amide bonds. The summed E-state index contributed by atoms with van der Waals surface area (Å²) in [5, 5.41) is 0.664. The largest absolute Gasteiger partial charge is 0.350 e. The van der Waals surface area contributed by atoms with Crippen molar-refractivity contribution in [3.63, 3.8) is 0 Å². The van der Waals surface area contributed by atoms with Gasteiger partial charge in [-0.05, 0) is 18.8 Å². The van der Waals surface area contributed by atoms with Crippen molar-refractivity contribution < 1.29 is 0 Å². The Kier molecular flexibility index (Phi) is 1.14. The molecule has 0 atom stereocenters. The molecule has 5 rings (SSSR count). The van der Waals surface area contributed by atoms with Crippen molar-refractivity contribution >= 4 is 16.8 Å². The Balaban J connectivity index is 1.79. The van der Waals surface area contributed by atoms with E-state index >= 15 is 0 Å². The summed E-state index contributed by atoms with van der Waals surface area (Å²) in [4.78, 5) is 9.18. The van der Waals surface area contributed by atoms with E-state index in [-0.39, 0.29) is 0 Å². The van der Waals surface area contributed by atoms with Gasteiger partial charge in [0, 0.05) is 19.2 Å². The summed E-state index contributed by atoms with van der Waals surface area (Å²) < 4.78 is 0. The van der Waals surface area contributed by atoms with Crippen molar-refractivity contribution in [1.82, 2.24) is 9.80 Å². The van der Waals surface area contributed by atoms with Gasteiger partial charge in [0.25, 0.3) is 0 Å². The molecule has 0 unspecified atom stereocenters. The molecule has 74 valence electrons. The predicted molar refractivity (Wildman–Crippen MR) is 55.1 cm³/mol. The van der Waals surface area contributed by atoms with Crippen molar-refractivity contribution in [3.05, 3.63) is 11.9 Å². The highest BCUT2D eigenvalue weighted by Gasteiger charge is 2.61. The van der Waals surface area contributed by atoms with Gasteiger partial charge >= 0.3 is 0 Å². The van der Waals surface area contributed by atoms with Crippen molar-refractivity contribution in [3.8, 4) is 0 Å². The number of hydrogen-bond acceptors (Lipinski definition) is 3. The summed E-state index contributed by atoms with van der Waals surface area (Å²) in [5.74, 6) is 2.28. The van der Waals surface area contributed by atoms with Crippen LogP contribution in [0.2, 0.25) is 0 Å². The molecule has 4 aliphatic heterocycles. The predicted octanol–water partition coefficient (Wildman–Crippen LogP) is 1.22. The van der Waals surface area contributed by atoms with E-state index in [1.54, 1.807) is 0 Å². The van der Waals surface area contributed by atoms with Gasteiger partial charge in [-0.1, -0.05) is 11.6 Å². The fraction of sp³-hybridized carbons (Fsp3) is 0.700. The van der Waals surface area contributed by atoms with Crippen LogP contribution in [0.15, 0.2) is 16.9 Å². The summed E-state index contributed by atoms with van der Waals surface area (Å²) in [6.07, 6.45) is 4.80. The van der Waals surface area contributed by atoms with E-state index in [1.807, 2.05) is 6.08 Å². The van der Waals surface area contributed by atoms with E-state index in [4.69, 9.17) is 11.6 Å². The van der Waals surface area contributed by atoms with Crippen LogP contribution in [-0.4, -0.2) is 40.3 Å². The van der Waals surface area contributed by atoms with E-state index in [0.29, 0.717) is 10.7 Å². The summed E-state index contributed by atoms with van der Waals surface area (Å²) in [7, 11) is 0. The quantitative estimate of drug-likeness (QED) is 0.598. The van der Waals surface area contributed by atoms with Crippen LogP contribution in [-0.2, 0) is 0 Å². The third kappa shape index (κ3) is 0.703. The molecule has 0 aromatic carbocycles. The minimum absolute atomic E-state index is 0.480. The van der Waals surface area contributed by atoms with Gasteiger partial charge in [-0.15, -0.1) is 0 Å². The van der Waals surface area contributed by atoms with Gasteiger partial charge in [0.15, 0.2) is 0 Å². The number of nitrogens with zero attached hydrogens (tertiary/aromatic N) is 3. The van der Waals surface area contributed by atoms with E-state index in [9.17, 15) is 0 Å². The lowest BCUT2D eigenvalue weighted by Gasteiger charge is -2.36. The first-order valence-electron chi connectivity index (χ1n) is 5.21. The van der Waals surface area contributed by atoms with Crippen LogP contribution in [0.5, 0.6) is 0 Å². The monoisotopic (exact) mass is 209 g/mol. The number of hydrogen-bond donors (Lipinski definition) is 0. The van der Waals surface area contributed by atoms with E-state index in [1.165, 1.54) is 31.8 Å². The standard InChI is InChI=1S/C10H12ClN3/c11-8-1-9-13(6-12-8)5-10-2-7(3-10)4-14(9)10/h1,7H,2-6H2. The molecule has 1 aliphatic carbocycles. The average Bonchev–Trinajstić information content (AvgIpc) is 2.66. The second-order valence-electron chi connectivity index (χ2n) is 4.93. The molecule has 14 heavy (non-hydrogen) atoms. The van der Waals surface area contributed by atoms with Crippen molar-refractivity contribution in [2.75, 3.05) is 19.8 Å². The summed E-state index contributed by atoms with van der Waals surface area (Å²) in [6, 6.07) is 0. The highest BCUT2D eigenvalue weighted by atomic mass is 35.5. The molecule has 1 saturated carbocycles. The lowest BCUT2D eigenvalue weighted by molar-refractivity contribution is 0.171. The molecule has 4 heteroatoms. The third-order valence-corrected chi connectivity index (χ3v) is 4.31. The lowest BCUT2D eigenvalue weighted by Crippen LogP contribution is -2.44. The van der Waals surface area contributed by atoms with Gasteiger partial charge in [-0.25, -0.2) is 0 Å². The molecule has 0 aromatic heterocycles. The fourth-order valence-corrected chi connectivity index (χ4v) is 3.72. The molecule has 0 radical (unpaired) electrons. The minimum atomic E-state index is 0.480. The first-order chi connectivity index (χ1) is 6.77. The maximum Gasteiger partial charge on any atom is 0.129 e. The molecular formula is C10H12ClN3. The number of allylic oxidation sites excluding steroid dienone is 1. The number of aliphatic imine (C=N–C) groups is 1. The van der Waals surface area contributed by atoms with Crippen molar-refractivity contribution in [1.29, 1.82) is 0 Å².